The predicted molar refractivity (Wildman–Crippen MR) is 68.5 cm³/mol. The van der Waals surface area contributed by atoms with Crippen molar-refractivity contribution in [3.05, 3.63) is 23.2 Å². The van der Waals surface area contributed by atoms with E-state index in [0.29, 0.717) is 12.6 Å². The van der Waals surface area contributed by atoms with Gasteiger partial charge in [0.25, 0.3) is 0 Å². The third-order valence-electron chi connectivity index (χ3n) is 3.16. The molecule has 0 amide bonds. The Morgan fingerprint density at radius 3 is 3.06 bits per heavy atom. The first-order valence-electron chi connectivity index (χ1n) is 5.80. The smallest absolute Gasteiger partial charge is 0.118 e. The van der Waals surface area contributed by atoms with E-state index >= 15 is 0 Å². The Morgan fingerprint density at radius 1 is 1.62 bits per heavy atom. The summed E-state index contributed by atoms with van der Waals surface area (Å²) in [5.74, 6) is 4.48. The largest absolute Gasteiger partial charge is 0.465 e. The van der Waals surface area contributed by atoms with Crippen LogP contribution in [0.25, 0.3) is 0 Å². The molecular formula is C12H20N2OS. The predicted octanol–water partition coefficient (Wildman–Crippen LogP) is 1.98. The summed E-state index contributed by atoms with van der Waals surface area (Å²) >= 11 is 2.04. The lowest BCUT2D eigenvalue weighted by atomic mass is 10.2. The highest BCUT2D eigenvalue weighted by Crippen LogP contribution is 2.21. The van der Waals surface area contributed by atoms with Gasteiger partial charge >= 0.3 is 0 Å². The fourth-order valence-corrected chi connectivity index (χ4v) is 3.15. The quantitative estimate of drug-likeness (QED) is 0.877. The number of thioether (sulfide) groups is 1. The van der Waals surface area contributed by atoms with Crippen molar-refractivity contribution < 1.29 is 4.42 Å². The van der Waals surface area contributed by atoms with E-state index in [0.717, 1.165) is 30.2 Å². The Morgan fingerprint density at radius 2 is 2.44 bits per heavy atom. The molecular weight excluding hydrogens is 220 g/mol. The third-order valence-corrected chi connectivity index (χ3v) is 4.35. The molecule has 0 aliphatic carbocycles. The minimum Gasteiger partial charge on any atom is -0.465 e. The molecule has 0 bridgehead atoms. The van der Waals surface area contributed by atoms with Gasteiger partial charge in [0.2, 0.25) is 0 Å². The molecule has 1 aromatic heterocycles. The van der Waals surface area contributed by atoms with Crippen molar-refractivity contribution >= 4 is 11.8 Å². The Bertz CT molecular complexity index is 351. The molecule has 2 N–H and O–H groups in total. The molecule has 1 saturated heterocycles. The van der Waals surface area contributed by atoms with Crippen LogP contribution >= 0.6 is 11.8 Å². The van der Waals surface area contributed by atoms with Crippen LogP contribution in [-0.2, 0) is 13.1 Å². The van der Waals surface area contributed by atoms with E-state index in [1.165, 1.54) is 11.5 Å². The Labute approximate surface area is 101 Å². The van der Waals surface area contributed by atoms with Crippen molar-refractivity contribution in [3.8, 4) is 0 Å². The zero-order chi connectivity index (χ0) is 11.5. The first-order chi connectivity index (χ1) is 7.70. The van der Waals surface area contributed by atoms with Crippen molar-refractivity contribution in [3.63, 3.8) is 0 Å². The minimum atomic E-state index is 0.570. The molecule has 0 saturated carbocycles. The average molecular weight is 240 g/mol. The van der Waals surface area contributed by atoms with Gasteiger partial charge in [0.1, 0.15) is 11.5 Å². The Balaban J connectivity index is 2.02. The van der Waals surface area contributed by atoms with Crippen molar-refractivity contribution in [2.45, 2.75) is 33.0 Å². The minimum absolute atomic E-state index is 0.570. The topological polar surface area (TPSA) is 42.4 Å². The van der Waals surface area contributed by atoms with E-state index in [1.807, 2.05) is 18.7 Å². The summed E-state index contributed by atoms with van der Waals surface area (Å²) in [6.45, 7) is 6.92. The zero-order valence-electron chi connectivity index (χ0n) is 10.0. The van der Waals surface area contributed by atoms with E-state index < -0.39 is 0 Å². The maximum absolute atomic E-state index is 5.73. The molecule has 0 radical (unpaired) electrons. The number of nitrogens with zero attached hydrogens (tertiary/aromatic N) is 1. The molecule has 1 aliphatic rings. The fraction of sp³-hybridized carbons (Fsp3) is 0.667. The van der Waals surface area contributed by atoms with E-state index in [1.54, 1.807) is 0 Å². The van der Waals surface area contributed by atoms with Gasteiger partial charge in [-0.3, -0.25) is 4.90 Å². The summed E-state index contributed by atoms with van der Waals surface area (Å²) in [6, 6.07) is 2.74. The lowest BCUT2D eigenvalue weighted by Crippen LogP contribution is -2.39. The number of nitrogens with two attached hydrogens (primary N) is 1. The van der Waals surface area contributed by atoms with Crippen LogP contribution in [0.1, 0.15) is 24.0 Å². The fourth-order valence-electron chi connectivity index (χ4n) is 2.06. The van der Waals surface area contributed by atoms with Crippen molar-refractivity contribution in [1.29, 1.82) is 0 Å². The second kappa shape index (κ2) is 5.25. The van der Waals surface area contributed by atoms with Crippen LogP contribution in [0.3, 0.4) is 0 Å². The van der Waals surface area contributed by atoms with E-state index in [4.69, 9.17) is 10.2 Å². The van der Waals surface area contributed by atoms with Crippen molar-refractivity contribution in [2.24, 2.45) is 5.73 Å². The van der Waals surface area contributed by atoms with Gasteiger partial charge < -0.3 is 10.2 Å². The standard InChI is InChI=1S/C12H20N2OS/c1-9-8-16-4-3-14(9)7-12-5-11(6-13)10(2)15-12/h5,9H,3-4,6-8,13H2,1-2H3. The lowest BCUT2D eigenvalue weighted by Gasteiger charge is -2.32. The highest BCUT2D eigenvalue weighted by Gasteiger charge is 2.20. The summed E-state index contributed by atoms with van der Waals surface area (Å²) in [6.07, 6.45) is 0. The molecule has 16 heavy (non-hydrogen) atoms. The summed E-state index contributed by atoms with van der Waals surface area (Å²) in [4.78, 5) is 2.48. The molecule has 90 valence electrons. The maximum Gasteiger partial charge on any atom is 0.118 e. The average Bonchev–Trinajstić information content (AvgIpc) is 2.62. The second-order valence-corrected chi connectivity index (χ2v) is 5.54. The van der Waals surface area contributed by atoms with Crippen LogP contribution in [0.4, 0.5) is 0 Å². The molecule has 2 rings (SSSR count). The summed E-state index contributed by atoms with van der Waals surface area (Å²) in [5.41, 5.74) is 6.78. The van der Waals surface area contributed by atoms with Crippen LogP contribution in [0, 0.1) is 6.92 Å². The van der Waals surface area contributed by atoms with Crippen LogP contribution in [0.2, 0.25) is 0 Å². The van der Waals surface area contributed by atoms with Crippen molar-refractivity contribution in [2.75, 3.05) is 18.1 Å². The van der Waals surface area contributed by atoms with Crippen molar-refractivity contribution in [1.82, 2.24) is 4.90 Å². The third kappa shape index (κ3) is 2.62. The second-order valence-electron chi connectivity index (χ2n) is 4.39. The van der Waals surface area contributed by atoms with Gasteiger partial charge in [0, 0.05) is 36.2 Å². The molecule has 2 heterocycles. The van der Waals surface area contributed by atoms with Gasteiger partial charge in [0.15, 0.2) is 0 Å². The number of rotatable bonds is 3. The van der Waals surface area contributed by atoms with Crippen LogP contribution < -0.4 is 5.73 Å². The molecule has 1 atom stereocenters. The first kappa shape index (κ1) is 12.0. The molecule has 0 spiro atoms. The monoisotopic (exact) mass is 240 g/mol. The van der Waals surface area contributed by atoms with E-state index in [2.05, 4.69) is 17.9 Å². The SMILES string of the molecule is Cc1oc(CN2CCSCC2C)cc1CN. The lowest BCUT2D eigenvalue weighted by molar-refractivity contribution is 0.205. The summed E-state index contributed by atoms with van der Waals surface area (Å²) in [7, 11) is 0. The molecule has 4 heteroatoms. The van der Waals surface area contributed by atoms with Crippen LogP contribution in [0.5, 0.6) is 0 Å². The molecule has 1 fully saturated rings. The summed E-state index contributed by atoms with van der Waals surface area (Å²) in [5, 5.41) is 0. The zero-order valence-corrected chi connectivity index (χ0v) is 10.8. The highest BCUT2D eigenvalue weighted by molar-refractivity contribution is 7.99. The molecule has 0 aromatic carbocycles. The molecule has 3 nitrogen and oxygen atoms in total. The Kier molecular flexibility index (Phi) is 3.95. The van der Waals surface area contributed by atoms with Gasteiger partial charge in [-0.25, -0.2) is 0 Å². The number of hydrogen-bond donors (Lipinski definition) is 1. The summed E-state index contributed by atoms with van der Waals surface area (Å²) < 4.78 is 5.73. The number of furan rings is 1. The van der Waals surface area contributed by atoms with Gasteiger partial charge in [-0.05, 0) is 19.9 Å². The van der Waals surface area contributed by atoms with Gasteiger partial charge in [0.05, 0.1) is 6.54 Å². The Hall–Kier alpha value is -0.450. The van der Waals surface area contributed by atoms with Crippen LogP contribution in [-0.4, -0.2) is 29.0 Å². The van der Waals surface area contributed by atoms with E-state index in [-0.39, 0.29) is 0 Å². The van der Waals surface area contributed by atoms with Gasteiger partial charge in [-0.15, -0.1) is 0 Å². The van der Waals surface area contributed by atoms with E-state index in [9.17, 15) is 0 Å². The number of hydrogen-bond acceptors (Lipinski definition) is 4. The molecule has 1 aliphatic heterocycles. The molecule has 1 unspecified atom stereocenters. The normalized spacial score (nSPS) is 22.6. The highest BCUT2D eigenvalue weighted by atomic mass is 32.2. The molecule has 1 aromatic rings. The van der Waals surface area contributed by atoms with Gasteiger partial charge in [-0.2, -0.15) is 11.8 Å². The van der Waals surface area contributed by atoms with Gasteiger partial charge in [-0.1, -0.05) is 0 Å². The number of aryl methyl sites for hydroxylation is 1. The van der Waals surface area contributed by atoms with Crippen LogP contribution in [0.15, 0.2) is 10.5 Å². The maximum atomic E-state index is 5.73. The first-order valence-corrected chi connectivity index (χ1v) is 6.96.